The first-order chi connectivity index (χ1) is 22.4. The van der Waals surface area contributed by atoms with Crippen LogP contribution in [-0.4, -0.2) is 109 Å². The summed E-state index contributed by atoms with van der Waals surface area (Å²) >= 11 is 0. The summed E-state index contributed by atoms with van der Waals surface area (Å²) in [7, 11) is -9.93. The largest absolute Gasteiger partial charge is 1.00 e. The maximum absolute atomic E-state index is 13.5. The summed E-state index contributed by atoms with van der Waals surface area (Å²) in [6.45, 7) is -2.33. The van der Waals surface area contributed by atoms with Crippen molar-refractivity contribution in [2.75, 3.05) is 37.8 Å². The van der Waals surface area contributed by atoms with Gasteiger partial charge in [0.15, 0.2) is 35.1 Å². The molecule has 48 heavy (non-hydrogen) atoms. The Morgan fingerprint density at radius 2 is 1.85 bits per heavy atom. The molecule has 4 aliphatic heterocycles. The summed E-state index contributed by atoms with van der Waals surface area (Å²) in [5.74, 6) is -1.35. The van der Waals surface area contributed by atoms with Gasteiger partial charge in [-0.3, -0.25) is 23.5 Å². The van der Waals surface area contributed by atoms with Crippen molar-refractivity contribution in [3.63, 3.8) is 0 Å². The van der Waals surface area contributed by atoms with Crippen LogP contribution in [0, 0.1) is 5.92 Å². The van der Waals surface area contributed by atoms with Gasteiger partial charge in [0.25, 0.3) is 13.4 Å². The van der Waals surface area contributed by atoms with Crippen LogP contribution < -0.4 is 56.2 Å². The Labute approximate surface area is 290 Å². The Kier molecular flexibility index (Phi) is 8.44. The number of nitrogens with one attached hydrogen (secondary N) is 2. The minimum Gasteiger partial charge on any atom is -0.756 e. The molecule has 0 spiro atoms. The van der Waals surface area contributed by atoms with Crippen LogP contribution in [0.25, 0.3) is 22.3 Å². The fraction of sp³-hybridized carbons (Fsp3) is 0.545. The molecule has 4 saturated heterocycles. The number of nitrogen functional groups attached to an aromatic ring is 2. The molecule has 252 valence electrons. The normalized spacial score (nSPS) is 36.2. The van der Waals surface area contributed by atoms with E-state index in [1.807, 2.05) is 0 Å². The van der Waals surface area contributed by atoms with Crippen molar-refractivity contribution < 1.29 is 80.0 Å². The van der Waals surface area contributed by atoms with Crippen LogP contribution in [0.1, 0.15) is 12.5 Å². The van der Waals surface area contributed by atoms with Crippen molar-refractivity contribution in [3.8, 4) is 0 Å². The SMILES string of the molecule is Nc1nc2c(ncn2[C@@H]2O[C@@H]3COP(=O)([O-])OC4[C@H]5OC[C@]4(CNS(=O)(=O)O[C@@H]2[C@@H]3CO)O[C@H]5n2cnc3c(N)ncnc32)c(=O)[nH]1.[Na+]. The zero-order chi connectivity index (χ0) is 32.9. The number of rotatable bonds is 3. The Bertz CT molecular complexity index is 2120. The van der Waals surface area contributed by atoms with Crippen LogP contribution in [-0.2, 0) is 42.3 Å². The van der Waals surface area contributed by atoms with E-state index in [0.29, 0.717) is 0 Å². The number of hydrogen-bond donors (Lipinski definition) is 5. The maximum Gasteiger partial charge on any atom is 1.00 e. The second kappa shape index (κ2) is 12.0. The van der Waals surface area contributed by atoms with E-state index in [1.165, 1.54) is 21.8 Å². The molecular weight excluding hydrogens is 696 g/mol. The van der Waals surface area contributed by atoms with E-state index < -0.39 is 91.8 Å². The summed E-state index contributed by atoms with van der Waals surface area (Å²) in [5.41, 5.74) is 9.47. The van der Waals surface area contributed by atoms with E-state index >= 15 is 0 Å². The molecule has 4 aromatic rings. The average Bonchev–Trinajstić information content (AvgIpc) is 3.82. The number of nitrogens with two attached hydrogens (primary N) is 2. The Morgan fingerprint density at radius 3 is 2.62 bits per heavy atom. The van der Waals surface area contributed by atoms with Crippen LogP contribution in [0.15, 0.2) is 23.8 Å². The zero-order valence-corrected chi connectivity index (χ0v) is 28.4. The van der Waals surface area contributed by atoms with Gasteiger partial charge in [0.1, 0.15) is 35.8 Å². The summed E-state index contributed by atoms with van der Waals surface area (Å²) in [4.78, 5) is 48.3. The third-order valence-corrected chi connectivity index (χ3v) is 10.4. The number of H-pyrrole nitrogens is 1. The van der Waals surface area contributed by atoms with Crippen molar-refractivity contribution in [2.45, 2.75) is 42.5 Å². The standard InChI is InChI=1S/C22H26N11O12PS.Na/c23-15-10-16(26-5-25-15)32(6-27-10)20-13-14-22(43-20,4-40-13)3-29-47(38,39)45-12-8(1-34)9(2-41-46(36,37)44-14)42-19(12)33-7-28-11-17(33)30-21(24)31-18(11)35;/h5-9,12-14,19-20,29,34H,1-4H2,(H,36,37)(H2,23,25,26)(H3,24,30,31,35);/q;+1/p-1/t8-,9-,12-,13-,14?,19-,20-,22+;/m1./s1. The molecule has 0 radical (unpaired) electrons. The van der Waals surface area contributed by atoms with Gasteiger partial charge in [-0.2, -0.15) is 18.1 Å². The first-order valence-electron chi connectivity index (χ1n) is 13.9. The molecule has 4 aliphatic rings. The van der Waals surface area contributed by atoms with E-state index in [-0.39, 0.29) is 70.3 Å². The number of phosphoric ester groups is 1. The number of imidazole rings is 2. The van der Waals surface area contributed by atoms with Gasteiger partial charge in [0.05, 0.1) is 38.6 Å². The number of anilines is 2. The second-order valence-corrected chi connectivity index (χ2v) is 14.0. The monoisotopic (exact) mass is 721 g/mol. The maximum atomic E-state index is 13.5. The molecule has 9 atom stereocenters. The number of hydrogen-bond acceptors (Lipinski definition) is 19. The van der Waals surface area contributed by atoms with E-state index in [9.17, 15) is 27.8 Å². The molecule has 4 aromatic heterocycles. The molecule has 8 rings (SSSR count). The molecular formula is C22H25N11NaO12PS. The van der Waals surface area contributed by atoms with Crippen molar-refractivity contribution in [1.82, 2.24) is 43.8 Å². The topological polar surface area (TPSA) is 321 Å². The number of phosphoric acid groups is 1. The molecule has 8 heterocycles. The predicted octanol–water partition coefficient (Wildman–Crippen LogP) is -6.60. The zero-order valence-electron chi connectivity index (χ0n) is 24.7. The van der Waals surface area contributed by atoms with Gasteiger partial charge >= 0.3 is 39.9 Å². The van der Waals surface area contributed by atoms with E-state index in [2.05, 4.69) is 34.6 Å². The third-order valence-electron chi connectivity index (χ3n) is 8.49. The van der Waals surface area contributed by atoms with Gasteiger partial charge in [0, 0.05) is 12.5 Å². The van der Waals surface area contributed by atoms with Crippen molar-refractivity contribution in [1.29, 1.82) is 0 Å². The van der Waals surface area contributed by atoms with Crippen LogP contribution in [0.4, 0.5) is 11.8 Å². The molecule has 0 aromatic carbocycles. The molecule has 0 amide bonds. The van der Waals surface area contributed by atoms with Gasteiger partial charge in [-0.25, -0.2) is 24.1 Å². The van der Waals surface area contributed by atoms with Crippen molar-refractivity contribution >= 4 is 52.2 Å². The van der Waals surface area contributed by atoms with E-state index in [4.69, 9.17) is 38.9 Å². The fourth-order valence-electron chi connectivity index (χ4n) is 6.33. The number of fused-ring (bicyclic) bond motifs is 4. The van der Waals surface area contributed by atoms with Crippen molar-refractivity contribution in [2.24, 2.45) is 5.92 Å². The molecule has 23 nitrogen and oxygen atoms in total. The molecule has 0 saturated carbocycles. The number of aliphatic hydroxyl groups is 1. The van der Waals surface area contributed by atoms with Crippen LogP contribution in [0.5, 0.6) is 0 Å². The third kappa shape index (κ3) is 5.45. The van der Waals surface area contributed by atoms with Crippen LogP contribution in [0.2, 0.25) is 0 Å². The first-order valence-corrected chi connectivity index (χ1v) is 16.8. The van der Waals surface area contributed by atoms with Gasteiger partial charge in [-0.1, -0.05) is 0 Å². The number of aliphatic hydroxyl groups excluding tert-OH is 1. The number of aromatic nitrogens is 8. The van der Waals surface area contributed by atoms with E-state index in [1.54, 1.807) is 0 Å². The molecule has 4 bridgehead atoms. The molecule has 26 heteroatoms. The minimum atomic E-state index is -5.21. The fourth-order valence-corrected chi connectivity index (χ4v) is 8.33. The summed E-state index contributed by atoms with van der Waals surface area (Å²) < 4.78 is 79.6. The molecule has 2 unspecified atom stereocenters. The Morgan fingerprint density at radius 1 is 1.10 bits per heavy atom. The van der Waals surface area contributed by atoms with Gasteiger partial charge in [0.2, 0.25) is 5.95 Å². The summed E-state index contributed by atoms with van der Waals surface area (Å²) in [6.07, 6.45) is -4.12. The number of nitrogens with zero attached hydrogens (tertiary/aromatic N) is 7. The van der Waals surface area contributed by atoms with Crippen molar-refractivity contribution in [3.05, 3.63) is 29.3 Å². The van der Waals surface area contributed by atoms with Crippen LogP contribution >= 0.6 is 7.82 Å². The smallest absolute Gasteiger partial charge is 0.756 e. The Balaban J connectivity index is 0.00000364. The first kappa shape index (κ1) is 33.8. The quantitative estimate of drug-likeness (QED) is 0.0969. The van der Waals surface area contributed by atoms with Gasteiger partial charge < -0.3 is 44.7 Å². The van der Waals surface area contributed by atoms with Gasteiger partial charge in [-0.15, -0.1) is 0 Å². The van der Waals surface area contributed by atoms with Gasteiger partial charge in [-0.05, 0) is 0 Å². The second-order valence-electron chi connectivity index (χ2n) is 11.2. The average molecular weight is 722 g/mol. The minimum absolute atomic E-state index is 0. The van der Waals surface area contributed by atoms with E-state index in [0.717, 1.165) is 6.33 Å². The molecule has 7 N–H and O–H groups in total. The molecule has 4 fully saturated rings. The molecule has 0 aliphatic carbocycles. The summed E-state index contributed by atoms with van der Waals surface area (Å²) in [6, 6.07) is 0. The predicted molar refractivity (Wildman–Crippen MR) is 150 cm³/mol. The number of aromatic amines is 1. The summed E-state index contributed by atoms with van der Waals surface area (Å²) in [5, 5.41) is 10.3. The Hall–Kier alpha value is -2.68. The van der Waals surface area contributed by atoms with Crippen LogP contribution in [0.3, 0.4) is 0 Å². The number of ether oxygens (including phenoxy) is 3.